The third-order valence-corrected chi connectivity index (χ3v) is 13.4. The minimum atomic E-state index is 0.0582. The van der Waals surface area contributed by atoms with E-state index in [2.05, 4.69) is 177 Å². The van der Waals surface area contributed by atoms with Gasteiger partial charge in [-0.25, -0.2) is 0 Å². The Labute approximate surface area is 313 Å². The van der Waals surface area contributed by atoms with Crippen LogP contribution in [0.3, 0.4) is 0 Å². The fraction of sp³-hybridized carbons (Fsp3) is 0. The van der Waals surface area contributed by atoms with Crippen LogP contribution in [-0.2, 0) is 0 Å². The van der Waals surface area contributed by atoms with Crippen LogP contribution in [-0.4, -0.2) is 13.7 Å². The summed E-state index contributed by atoms with van der Waals surface area (Å²) in [4.78, 5) is 10.6. The van der Waals surface area contributed by atoms with E-state index >= 15 is 0 Å². The molecule has 0 aromatic heterocycles. The first kappa shape index (κ1) is 26.8. The lowest BCUT2D eigenvalue weighted by atomic mass is 9.38. The van der Waals surface area contributed by atoms with Gasteiger partial charge in [0.2, 0.25) is 0 Å². The highest BCUT2D eigenvalue weighted by molar-refractivity contribution is 6.98. The predicted molar refractivity (Wildman–Crippen MR) is 225 cm³/mol. The fourth-order valence-corrected chi connectivity index (χ4v) is 11.6. The molecule has 0 saturated heterocycles. The van der Waals surface area contributed by atoms with E-state index in [0.29, 0.717) is 0 Å². The van der Waals surface area contributed by atoms with Crippen molar-refractivity contribution in [2.75, 3.05) is 19.4 Å². The molecule has 8 aromatic carbocycles. The van der Waals surface area contributed by atoms with Crippen LogP contribution in [0.15, 0.2) is 158 Å². The van der Waals surface area contributed by atoms with Crippen LogP contribution >= 0.6 is 0 Å². The summed E-state index contributed by atoms with van der Waals surface area (Å²) in [6, 6.07) is 59.5. The molecule has 0 atom stereocenters. The first-order valence-electron chi connectivity index (χ1n) is 19.0. The first-order valence-corrected chi connectivity index (χ1v) is 19.0. The van der Waals surface area contributed by atoms with E-state index < -0.39 is 0 Å². The minimum Gasteiger partial charge on any atom is -0.372 e. The van der Waals surface area contributed by atoms with E-state index in [-0.39, 0.29) is 13.7 Å². The Balaban J connectivity index is 1.14. The molecule has 244 valence electrons. The SMILES string of the molecule is c1ccc(N2c3cccc4c3B3c5c(cccc52)-c2ccc5c6c2N3c2c-4ccc3c2N6B2c4c-3cccc4N(c3ccccc3)c3cccc-5c32)cc1. The third kappa shape index (κ3) is 2.73. The monoisotopic (exact) mass is 680 g/mol. The quantitative estimate of drug-likeness (QED) is 0.169. The molecule has 6 heteroatoms. The number of benzene rings is 8. The molecule has 0 spiro atoms. The van der Waals surface area contributed by atoms with Gasteiger partial charge in [0.25, 0.3) is 0 Å². The number of fused-ring (bicyclic) bond motifs is 4. The summed E-state index contributed by atoms with van der Waals surface area (Å²) in [7, 11) is 0. The second-order valence-electron chi connectivity index (χ2n) is 15.6. The molecule has 0 bridgehead atoms. The number of para-hydroxylation sites is 2. The molecule has 0 unspecified atom stereocenters. The number of anilines is 10. The van der Waals surface area contributed by atoms with Gasteiger partial charge in [-0.15, -0.1) is 0 Å². The molecule has 0 radical (unpaired) electrons. The van der Waals surface area contributed by atoms with Crippen LogP contribution in [0, 0.1) is 0 Å². The van der Waals surface area contributed by atoms with Crippen LogP contribution in [0.5, 0.6) is 0 Å². The van der Waals surface area contributed by atoms with Crippen LogP contribution in [0.4, 0.5) is 56.9 Å². The molecule has 4 nitrogen and oxygen atoms in total. The molecule has 0 saturated carbocycles. The second kappa shape index (κ2) is 8.82. The molecule has 7 aliphatic rings. The summed E-state index contributed by atoms with van der Waals surface area (Å²) < 4.78 is 0. The van der Waals surface area contributed by atoms with E-state index in [4.69, 9.17) is 0 Å². The zero-order valence-electron chi connectivity index (χ0n) is 29.0. The molecule has 7 heterocycles. The molecule has 15 rings (SSSR count). The van der Waals surface area contributed by atoms with Crippen molar-refractivity contribution in [3.8, 4) is 44.5 Å². The Morgan fingerprint density at radius 1 is 0.259 bits per heavy atom. The Hall–Kier alpha value is -6.91. The summed E-state index contributed by atoms with van der Waals surface area (Å²) in [5.74, 6) is 0. The zero-order chi connectivity index (χ0) is 34.6. The molecule has 7 aliphatic heterocycles. The van der Waals surface area contributed by atoms with Gasteiger partial charge in [-0.2, -0.15) is 0 Å². The van der Waals surface area contributed by atoms with Gasteiger partial charge in [-0.1, -0.05) is 109 Å². The topological polar surface area (TPSA) is 13.0 Å². The molecule has 8 aromatic rings. The predicted octanol–water partition coefficient (Wildman–Crippen LogP) is 9.38. The fourth-order valence-electron chi connectivity index (χ4n) is 11.6. The molecular formula is C48H26B2N4. The van der Waals surface area contributed by atoms with Crippen molar-refractivity contribution in [2.24, 2.45) is 0 Å². The average molecular weight is 680 g/mol. The first-order chi connectivity index (χ1) is 26.9. The van der Waals surface area contributed by atoms with Gasteiger partial charge in [0, 0.05) is 56.4 Å². The number of nitrogens with zero attached hydrogens (tertiary/aromatic N) is 4. The standard InChI is InChI=1S/C48H26B2N4/c1-3-11-27(12-4-1)51-37-19-7-15-29-33-23-25-35-31-17-9-21-39-43(31)50-44-32(18-10-22-40(44)52(39)28-13-5-2-6-14-28)36-26-24-34-30-16-8-20-38(51)42(30)49(41(29)37)53-45(33)47(35)54(50)48(36)46(34)53/h1-26H. The lowest BCUT2D eigenvalue weighted by Gasteiger charge is -2.58. The van der Waals surface area contributed by atoms with Crippen molar-refractivity contribution >= 4 is 92.4 Å². The summed E-state index contributed by atoms with van der Waals surface area (Å²) in [6.45, 7) is 0.116. The second-order valence-corrected chi connectivity index (χ2v) is 15.6. The van der Waals surface area contributed by atoms with Gasteiger partial charge in [0.15, 0.2) is 0 Å². The lowest BCUT2D eigenvalue weighted by molar-refractivity contribution is 1.20. The highest BCUT2D eigenvalue weighted by Crippen LogP contribution is 2.66. The smallest absolute Gasteiger partial charge is 0.333 e. The summed E-state index contributed by atoms with van der Waals surface area (Å²) in [6.07, 6.45) is 0. The third-order valence-electron chi connectivity index (χ3n) is 13.4. The van der Waals surface area contributed by atoms with E-state index in [1.54, 1.807) is 0 Å². The van der Waals surface area contributed by atoms with Crippen molar-refractivity contribution in [2.45, 2.75) is 0 Å². The Morgan fingerprint density at radius 2 is 0.556 bits per heavy atom. The normalized spacial score (nSPS) is 15.2. The Kier molecular flexibility index (Phi) is 4.38. The summed E-state index contributed by atoms with van der Waals surface area (Å²) in [5, 5.41) is 0. The van der Waals surface area contributed by atoms with E-state index in [1.165, 1.54) is 123 Å². The van der Waals surface area contributed by atoms with Crippen LogP contribution in [0.25, 0.3) is 44.5 Å². The molecule has 0 aliphatic carbocycles. The maximum Gasteiger partial charge on any atom is 0.333 e. The van der Waals surface area contributed by atoms with Crippen molar-refractivity contribution in [3.05, 3.63) is 158 Å². The lowest BCUT2D eigenvalue weighted by Crippen LogP contribution is -2.68. The Morgan fingerprint density at radius 3 is 0.852 bits per heavy atom. The van der Waals surface area contributed by atoms with E-state index in [0.717, 1.165) is 0 Å². The van der Waals surface area contributed by atoms with E-state index in [1.807, 2.05) is 0 Å². The summed E-state index contributed by atoms with van der Waals surface area (Å²) in [5.41, 5.74) is 29.1. The van der Waals surface area contributed by atoms with Gasteiger partial charge < -0.3 is 19.4 Å². The number of hydrogen-bond donors (Lipinski definition) is 0. The molecule has 54 heavy (non-hydrogen) atoms. The van der Waals surface area contributed by atoms with Gasteiger partial charge in [-0.05, 0) is 92.6 Å². The molecule has 0 amide bonds. The molecular weight excluding hydrogens is 654 g/mol. The van der Waals surface area contributed by atoms with Gasteiger partial charge in [0.05, 0.1) is 22.7 Å². The minimum absolute atomic E-state index is 0.0582. The van der Waals surface area contributed by atoms with Crippen molar-refractivity contribution in [3.63, 3.8) is 0 Å². The van der Waals surface area contributed by atoms with E-state index in [9.17, 15) is 0 Å². The largest absolute Gasteiger partial charge is 0.372 e. The highest BCUT2D eigenvalue weighted by Gasteiger charge is 2.58. The van der Waals surface area contributed by atoms with Crippen LogP contribution in [0.2, 0.25) is 0 Å². The van der Waals surface area contributed by atoms with Gasteiger partial charge in [0.1, 0.15) is 0 Å². The molecule has 0 N–H and O–H groups in total. The number of rotatable bonds is 2. The van der Waals surface area contributed by atoms with Crippen LogP contribution < -0.4 is 41.3 Å². The van der Waals surface area contributed by atoms with Crippen molar-refractivity contribution in [1.82, 2.24) is 0 Å². The van der Waals surface area contributed by atoms with Crippen LogP contribution in [0.1, 0.15) is 0 Å². The summed E-state index contributed by atoms with van der Waals surface area (Å²) >= 11 is 0. The Bertz CT molecular complexity index is 2730. The van der Waals surface area contributed by atoms with Gasteiger partial charge in [-0.3, -0.25) is 0 Å². The number of hydrogen-bond acceptors (Lipinski definition) is 4. The maximum atomic E-state index is 2.78. The average Bonchev–Trinajstić information content (AvgIpc) is 3.24. The molecule has 0 fully saturated rings. The van der Waals surface area contributed by atoms with Crippen molar-refractivity contribution < 1.29 is 0 Å². The zero-order valence-corrected chi connectivity index (χ0v) is 29.0. The maximum absolute atomic E-state index is 2.78. The highest BCUT2D eigenvalue weighted by atomic mass is 15.3. The van der Waals surface area contributed by atoms with Crippen molar-refractivity contribution in [1.29, 1.82) is 0 Å². The van der Waals surface area contributed by atoms with Gasteiger partial charge >= 0.3 is 13.7 Å².